The van der Waals surface area contributed by atoms with E-state index in [0.29, 0.717) is 13.2 Å². The van der Waals surface area contributed by atoms with Gasteiger partial charge in [-0.05, 0) is 76.2 Å². The molecule has 67 heavy (non-hydrogen) atoms. The van der Waals surface area contributed by atoms with Crippen LogP contribution in [0.25, 0.3) is 20.9 Å². The highest BCUT2D eigenvalue weighted by Crippen LogP contribution is 2.37. The smallest absolute Gasteiger partial charge is 0.329 e. The zero-order chi connectivity index (χ0) is 47.2. The maximum atomic E-state index is 15.4. The largest absolute Gasteiger partial charge is 0.351 e. The van der Waals surface area contributed by atoms with E-state index < -0.39 is 54.1 Å². The van der Waals surface area contributed by atoms with E-state index in [-0.39, 0.29) is 19.6 Å². The van der Waals surface area contributed by atoms with Crippen molar-refractivity contribution in [2.45, 2.75) is 64.2 Å². The van der Waals surface area contributed by atoms with E-state index in [1.54, 1.807) is 23.3 Å². The van der Waals surface area contributed by atoms with Gasteiger partial charge in [-0.25, -0.2) is 9.80 Å². The van der Waals surface area contributed by atoms with Crippen LogP contribution in [0.5, 0.6) is 0 Å². The molecule has 0 saturated heterocycles. The summed E-state index contributed by atoms with van der Waals surface area (Å²) in [6, 6.07) is 48.3. The third-order valence-corrected chi connectivity index (χ3v) is 12.7. The minimum Gasteiger partial charge on any atom is -0.351 e. The van der Waals surface area contributed by atoms with Gasteiger partial charge in [0.25, 0.3) is 0 Å². The van der Waals surface area contributed by atoms with Crippen molar-refractivity contribution in [3.8, 4) is 0 Å². The van der Waals surface area contributed by atoms with E-state index in [4.69, 9.17) is 9.47 Å². The molecule has 1 heterocycles. The van der Waals surface area contributed by atoms with Gasteiger partial charge in [-0.3, -0.25) is 19.8 Å². The van der Waals surface area contributed by atoms with Crippen molar-refractivity contribution in [3.05, 3.63) is 191 Å². The number of carbonyl (C=O) groups is 4. The van der Waals surface area contributed by atoms with Crippen LogP contribution in [0.3, 0.4) is 0 Å². The van der Waals surface area contributed by atoms with Gasteiger partial charge in [-0.15, -0.1) is 11.3 Å². The Balaban J connectivity index is 1.19. The number of thiophene rings is 1. The molecule has 0 aliphatic carbocycles. The zero-order valence-corrected chi connectivity index (χ0v) is 39.1. The van der Waals surface area contributed by atoms with Gasteiger partial charge in [0.1, 0.15) is 11.6 Å². The Morgan fingerprint density at radius 3 is 1.82 bits per heavy atom. The lowest BCUT2D eigenvalue weighted by Gasteiger charge is -2.38. The third-order valence-electron chi connectivity index (χ3n) is 11.7. The summed E-state index contributed by atoms with van der Waals surface area (Å²) in [5.41, 5.74) is 5.77. The number of hydrogen-bond acceptors (Lipinski definition) is 8. The Morgan fingerprint density at radius 2 is 1.21 bits per heavy atom. The number of hydrogen-bond donors (Lipinski definition) is 4. The van der Waals surface area contributed by atoms with Crippen molar-refractivity contribution in [1.29, 1.82) is 0 Å². The summed E-state index contributed by atoms with van der Waals surface area (Å²) in [5.74, 6) is -1.60. The molecule has 12 nitrogen and oxygen atoms in total. The number of fused-ring (bicyclic) bond motifs is 2. The van der Waals surface area contributed by atoms with Crippen molar-refractivity contribution in [2.75, 3.05) is 26.8 Å². The van der Waals surface area contributed by atoms with Crippen molar-refractivity contribution >= 4 is 55.9 Å². The summed E-state index contributed by atoms with van der Waals surface area (Å²) in [4.78, 5) is 59.3. The van der Waals surface area contributed by atoms with Gasteiger partial charge in [0.05, 0.1) is 19.0 Å². The molecule has 6 aromatic carbocycles. The monoisotopic (exact) mass is 918 g/mol. The summed E-state index contributed by atoms with van der Waals surface area (Å²) >= 11 is 1.57. The topological polar surface area (TPSA) is 141 Å². The molecule has 2 atom stereocenters. The lowest BCUT2D eigenvalue weighted by molar-refractivity contribution is -0.180. The summed E-state index contributed by atoms with van der Waals surface area (Å²) in [7, 11) is 1.55. The molecule has 7 aromatic rings. The van der Waals surface area contributed by atoms with Crippen LogP contribution in [-0.2, 0) is 42.5 Å². The molecule has 1 aromatic heterocycles. The Hall–Kier alpha value is -6.90. The predicted octanol–water partition coefficient (Wildman–Crippen LogP) is 8.50. The number of urea groups is 1. The number of likely N-dealkylation sites (N-methyl/N-ethyl adjacent to an activating group) is 1. The molecule has 0 fully saturated rings. The second-order valence-electron chi connectivity index (χ2n) is 16.3. The maximum absolute atomic E-state index is 15.4. The Kier molecular flexibility index (Phi) is 16.5. The van der Waals surface area contributed by atoms with Crippen LogP contribution < -0.4 is 21.4 Å². The minimum absolute atomic E-state index is 0.148. The Morgan fingerprint density at radius 1 is 0.657 bits per heavy atom. The van der Waals surface area contributed by atoms with Crippen LogP contribution in [-0.4, -0.2) is 78.8 Å². The van der Waals surface area contributed by atoms with Crippen molar-refractivity contribution in [1.82, 2.24) is 31.3 Å². The zero-order valence-electron chi connectivity index (χ0n) is 38.3. The van der Waals surface area contributed by atoms with Crippen molar-refractivity contribution in [3.63, 3.8) is 0 Å². The summed E-state index contributed by atoms with van der Waals surface area (Å²) in [5, 5.41) is 15.6. The lowest BCUT2D eigenvalue weighted by atomic mass is 9.77. The lowest BCUT2D eigenvalue weighted by Crippen LogP contribution is -2.58. The average molecular weight is 919 g/mol. The first kappa shape index (κ1) is 48.0. The highest BCUT2D eigenvalue weighted by atomic mass is 32.1. The standard InChI is InChI=1S/C54H58N6O6S/c1-5-65-52(66-6-2)38(3)60(35-41-37-67-48-32-19-18-31-46(41)48)51(63)47(56-50(62)36-59(4)58-53(64)55-34-40-23-20-22-39-21-16-17-30-45(39)40)33-49(61)57-54(42-24-10-7-11-25-42,43-26-12-8-13-27-43)44-28-14-9-15-29-44/h7-32,37-38,47,52H,5-6,33-36H2,1-4H3,(H,56,62)(H,57,61)(H2,55,58,64)/t38-,47-/m0/s1. The fraction of sp³-hybridized carbons (Fsp3) is 0.259. The first-order valence-electron chi connectivity index (χ1n) is 22.6. The van der Waals surface area contributed by atoms with E-state index in [9.17, 15) is 14.4 Å². The van der Waals surface area contributed by atoms with Gasteiger partial charge in [0.2, 0.25) is 17.7 Å². The average Bonchev–Trinajstić information content (AvgIpc) is 3.76. The number of amides is 5. The molecule has 5 amide bonds. The van der Waals surface area contributed by atoms with E-state index in [1.807, 2.05) is 184 Å². The molecule has 0 aliphatic rings. The number of nitrogens with one attached hydrogen (secondary N) is 4. The highest BCUT2D eigenvalue weighted by Gasteiger charge is 2.40. The molecule has 4 N–H and O–H groups in total. The fourth-order valence-electron chi connectivity index (χ4n) is 8.52. The van der Waals surface area contributed by atoms with Crippen LogP contribution in [0.4, 0.5) is 4.79 Å². The highest BCUT2D eigenvalue weighted by molar-refractivity contribution is 7.17. The second-order valence-corrected chi connectivity index (χ2v) is 17.2. The third kappa shape index (κ3) is 11.7. The number of benzene rings is 6. The van der Waals surface area contributed by atoms with Crippen LogP contribution in [0.2, 0.25) is 0 Å². The van der Waals surface area contributed by atoms with Crippen LogP contribution in [0, 0.1) is 0 Å². The van der Waals surface area contributed by atoms with Crippen LogP contribution in [0.15, 0.2) is 163 Å². The minimum atomic E-state index is -1.36. The van der Waals surface area contributed by atoms with Gasteiger partial charge in [0, 0.05) is 38.1 Å². The molecule has 0 aliphatic heterocycles. The van der Waals surface area contributed by atoms with Crippen molar-refractivity contribution < 1.29 is 28.7 Å². The second kappa shape index (κ2) is 23.0. The summed E-state index contributed by atoms with van der Waals surface area (Å²) in [6.07, 6.45) is -1.23. The van der Waals surface area contributed by atoms with Crippen LogP contribution >= 0.6 is 11.3 Å². The molecule has 13 heteroatoms. The number of carbonyl (C=O) groups excluding carboxylic acids is 4. The fourth-order valence-corrected chi connectivity index (χ4v) is 9.47. The number of ether oxygens (including phenoxy) is 2. The molecular formula is C54H58N6O6S. The molecule has 0 saturated carbocycles. The predicted molar refractivity (Wildman–Crippen MR) is 265 cm³/mol. The van der Waals surface area contributed by atoms with E-state index >= 15 is 4.79 Å². The van der Waals surface area contributed by atoms with Crippen molar-refractivity contribution in [2.24, 2.45) is 0 Å². The molecule has 7 rings (SSSR count). The van der Waals surface area contributed by atoms with Gasteiger partial charge < -0.3 is 30.3 Å². The summed E-state index contributed by atoms with van der Waals surface area (Å²) in [6.45, 7) is 6.30. The Bertz CT molecular complexity index is 2630. The number of rotatable bonds is 21. The van der Waals surface area contributed by atoms with E-state index in [0.717, 1.165) is 48.7 Å². The molecule has 0 radical (unpaired) electrons. The number of hydrazine groups is 1. The van der Waals surface area contributed by atoms with Gasteiger partial charge in [-0.1, -0.05) is 152 Å². The van der Waals surface area contributed by atoms with Gasteiger partial charge in [0.15, 0.2) is 6.29 Å². The SMILES string of the molecule is CCOC(OCC)[C@H](C)N(Cc1csc2ccccc12)C(=O)[C@H](CC(=O)NC(c1ccccc1)(c1ccccc1)c1ccccc1)NC(=O)CN(C)NC(=O)NCc1cccc2ccccc12. The molecule has 0 unspecified atom stereocenters. The normalized spacial score (nSPS) is 12.4. The molecule has 0 bridgehead atoms. The number of nitrogens with zero attached hydrogens (tertiary/aromatic N) is 2. The van der Waals surface area contributed by atoms with E-state index in [2.05, 4.69) is 21.4 Å². The molecular weight excluding hydrogens is 861 g/mol. The van der Waals surface area contributed by atoms with Gasteiger partial charge in [-0.2, -0.15) is 0 Å². The van der Waals surface area contributed by atoms with Crippen LogP contribution in [0.1, 0.15) is 55.0 Å². The summed E-state index contributed by atoms with van der Waals surface area (Å²) < 4.78 is 13.2. The first-order chi connectivity index (χ1) is 32.6. The Labute approximate surface area is 396 Å². The molecule has 0 spiro atoms. The van der Waals surface area contributed by atoms with Gasteiger partial charge >= 0.3 is 6.03 Å². The maximum Gasteiger partial charge on any atom is 0.329 e. The van der Waals surface area contributed by atoms with E-state index in [1.165, 1.54) is 5.01 Å². The quantitative estimate of drug-likeness (QED) is 0.0322. The molecule has 346 valence electrons. The first-order valence-corrected chi connectivity index (χ1v) is 23.5.